The first kappa shape index (κ1) is 21.2. The second-order valence-electron chi connectivity index (χ2n) is 7.39. The number of imidazole rings is 1. The Morgan fingerprint density at radius 2 is 2.03 bits per heavy atom. The number of nitrogens with zero attached hydrogens (tertiary/aromatic N) is 4. The van der Waals surface area contributed by atoms with Gasteiger partial charge in [-0.25, -0.2) is 19.7 Å². The van der Waals surface area contributed by atoms with Crippen LogP contribution in [-0.2, 0) is 11.3 Å². The fraction of sp³-hybridized carbons (Fsp3) is 0.400. The SMILES string of the molecule is COC(=O)c1cc(O)c(O)cc1Sc1nc2c(N)ncnc2n1CCC1CCNCC1. The van der Waals surface area contributed by atoms with E-state index >= 15 is 0 Å². The molecule has 1 aliphatic rings. The van der Waals surface area contributed by atoms with Gasteiger partial charge in [-0.3, -0.25) is 0 Å². The molecule has 10 nitrogen and oxygen atoms in total. The van der Waals surface area contributed by atoms with Crippen LogP contribution in [0, 0.1) is 5.92 Å². The smallest absolute Gasteiger partial charge is 0.339 e. The molecule has 0 unspecified atom stereocenters. The number of hydrogen-bond donors (Lipinski definition) is 4. The van der Waals surface area contributed by atoms with E-state index in [2.05, 4.69) is 20.3 Å². The number of aromatic hydroxyl groups is 2. The molecule has 0 saturated carbocycles. The molecule has 1 saturated heterocycles. The van der Waals surface area contributed by atoms with Crippen LogP contribution in [0.15, 0.2) is 28.5 Å². The number of phenols is 2. The fourth-order valence-electron chi connectivity index (χ4n) is 3.71. The minimum Gasteiger partial charge on any atom is -0.504 e. The number of aryl methyl sites for hydroxylation is 1. The van der Waals surface area contributed by atoms with Gasteiger partial charge in [0.05, 0.1) is 12.7 Å². The normalized spacial score (nSPS) is 14.7. The van der Waals surface area contributed by atoms with Crippen molar-refractivity contribution in [1.82, 2.24) is 24.8 Å². The second-order valence-corrected chi connectivity index (χ2v) is 8.40. The summed E-state index contributed by atoms with van der Waals surface area (Å²) in [4.78, 5) is 25.6. The van der Waals surface area contributed by atoms with Gasteiger partial charge in [-0.2, -0.15) is 0 Å². The molecule has 4 rings (SSSR count). The van der Waals surface area contributed by atoms with Crippen LogP contribution in [0.25, 0.3) is 11.2 Å². The predicted molar refractivity (Wildman–Crippen MR) is 115 cm³/mol. The third kappa shape index (κ3) is 4.37. The van der Waals surface area contributed by atoms with Gasteiger partial charge in [0, 0.05) is 11.4 Å². The van der Waals surface area contributed by atoms with E-state index in [0.29, 0.717) is 33.7 Å². The number of fused-ring (bicyclic) bond motifs is 1. The zero-order valence-corrected chi connectivity index (χ0v) is 17.9. The van der Waals surface area contributed by atoms with Gasteiger partial charge >= 0.3 is 5.97 Å². The van der Waals surface area contributed by atoms with Gasteiger partial charge in [-0.15, -0.1) is 0 Å². The molecule has 0 aliphatic carbocycles. The van der Waals surface area contributed by atoms with E-state index in [-0.39, 0.29) is 17.1 Å². The first-order valence-corrected chi connectivity index (χ1v) is 10.8. The van der Waals surface area contributed by atoms with Gasteiger partial charge in [0.25, 0.3) is 0 Å². The fourth-order valence-corrected chi connectivity index (χ4v) is 4.75. The van der Waals surface area contributed by atoms with E-state index in [0.717, 1.165) is 32.4 Å². The lowest BCUT2D eigenvalue weighted by molar-refractivity contribution is 0.0596. The van der Waals surface area contributed by atoms with Crippen LogP contribution in [0.4, 0.5) is 5.82 Å². The lowest BCUT2D eigenvalue weighted by atomic mass is 9.95. The summed E-state index contributed by atoms with van der Waals surface area (Å²) in [6, 6.07) is 2.50. The summed E-state index contributed by atoms with van der Waals surface area (Å²) < 4.78 is 6.79. The lowest BCUT2D eigenvalue weighted by Crippen LogP contribution is -2.28. The Morgan fingerprint density at radius 3 is 2.77 bits per heavy atom. The highest BCUT2D eigenvalue weighted by Gasteiger charge is 2.22. The molecule has 0 radical (unpaired) electrons. The summed E-state index contributed by atoms with van der Waals surface area (Å²) in [5.74, 6) is -0.506. The number of rotatable bonds is 6. The van der Waals surface area contributed by atoms with Crippen LogP contribution in [0.3, 0.4) is 0 Å². The van der Waals surface area contributed by atoms with Gasteiger partial charge in [0.2, 0.25) is 0 Å². The molecule has 0 bridgehead atoms. The monoisotopic (exact) mass is 444 g/mol. The van der Waals surface area contributed by atoms with Crippen LogP contribution in [0.1, 0.15) is 29.6 Å². The summed E-state index contributed by atoms with van der Waals surface area (Å²) in [6.07, 6.45) is 4.59. The number of nitrogen functional groups attached to an aromatic ring is 1. The zero-order chi connectivity index (χ0) is 22.0. The summed E-state index contributed by atoms with van der Waals surface area (Å²) in [5, 5.41) is 23.8. The maximum absolute atomic E-state index is 12.2. The molecule has 1 fully saturated rings. The summed E-state index contributed by atoms with van der Waals surface area (Å²) in [5.41, 5.74) is 7.25. The molecular weight excluding hydrogens is 420 g/mol. The Balaban J connectivity index is 1.72. The largest absolute Gasteiger partial charge is 0.504 e. The minimum atomic E-state index is -0.630. The van der Waals surface area contributed by atoms with Crippen molar-refractivity contribution in [1.29, 1.82) is 0 Å². The number of ether oxygens (including phenoxy) is 1. The number of esters is 1. The number of piperidine rings is 1. The molecule has 5 N–H and O–H groups in total. The van der Waals surface area contributed by atoms with Crippen LogP contribution in [-0.4, -0.2) is 55.9 Å². The quantitative estimate of drug-likeness (QED) is 0.329. The number of carbonyl (C=O) groups excluding carboxylic acids is 1. The number of nitrogens with one attached hydrogen (secondary N) is 1. The van der Waals surface area contributed by atoms with Crippen molar-refractivity contribution in [3.8, 4) is 11.5 Å². The Hall–Kier alpha value is -3.05. The van der Waals surface area contributed by atoms with Crippen molar-refractivity contribution in [3.63, 3.8) is 0 Å². The topological polar surface area (TPSA) is 148 Å². The van der Waals surface area contributed by atoms with Crippen molar-refractivity contribution >= 4 is 34.7 Å². The average Bonchev–Trinajstić information content (AvgIpc) is 3.13. The highest BCUT2D eigenvalue weighted by Crippen LogP contribution is 2.39. The number of methoxy groups -OCH3 is 1. The van der Waals surface area contributed by atoms with Gasteiger partial charge in [0.15, 0.2) is 33.6 Å². The van der Waals surface area contributed by atoms with Crippen molar-refractivity contribution < 1.29 is 19.7 Å². The predicted octanol–water partition coefficient (Wildman–Crippen LogP) is 2.15. The third-order valence-electron chi connectivity index (χ3n) is 5.43. The molecule has 0 spiro atoms. The number of aromatic nitrogens is 4. The van der Waals surface area contributed by atoms with Crippen LogP contribution < -0.4 is 11.1 Å². The van der Waals surface area contributed by atoms with Gasteiger partial charge in [0.1, 0.15) is 6.33 Å². The van der Waals surface area contributed by atoms with Gasteiger partial charge in [-0.1, -0.05) is 11.8 Å². The molecule has 0 amide bonds. The Morgan fingerprint density at radius 1 is 1.29 bits per heavy atom. The van der Waals surface area contributed by atoms with Gasteiger partial charge < -0.3 is 30.6 Å². The first-order valence-electron chi connectivity index (χ1n) is 9.97. The molecule has 1 aliphatic heterocycles. The van der Waals surface area contributed by atoms with E-state index < -0.39 is 11.7 Å². The summed E-state index contributed by atoms with van der Waals surface area (Å²) >= 11 is 1.17. The molecule has 3 heterocycles. The van der Waals surface area contributed by atoms with Crippen LogP contribution >= 0.6 is 11.8 Å². The molecule has 11 heteroatoms. The second kappa shape index (κ2) is 8.98. The Bertz CT molecular complexity index is 1110. The molecule has 3 aromatic rings. The summed E-state index contributed by atoms with van der Waals surface area (Å²) in [6.45, 7) is 2.71. The number of benzene rings is 1. The van der Waals surface area contributed by atoms with Crippen molar-refractivity contribution in [2.75, 3.05) is 25.9 Å². The molecule has 0 atom stereocenters. The first-order chi connectivity index (χ1) is 15.0. The average molecular weight is 445 g/mol. The number of nitrogens with two attached hydrogens (primary N) is 1. The number of anilines is 1. The standard InChI is InChI=1S/C20H24N6O4S/c1-30-19(29)12-8-13(27)14(28)9-15(12)31-20-25-16-17(21)23-10-24-18(16)26(20)7-4-11-2-5-22-6-3-11/h8-11,22,27-28H,2-7H2,1H3,(H2,21,23,24). The maximum atomic E-state index is 12.2. The Kier molecular flexibility index (Phi) is 6.14. The van der Waals surface area contributed by atoms with E-state index in [1.54, 1.807) is 0 Å². The van der Waals surface area contributed by atoms with Crippen molar-refractivity contribution in [2.45, 2.75) is 35.9 Å². The zero-order valence-electron chi connectivity index (χ0n) is 17.0. The molecular formula is C20H24N6O4S. The minimum absolute atomic E-state index is 0.124. The maximum Gasteiger partial charge on any atom is 0.339 e. The van der Waals surface area contributed by atoms with E-state index in [9.17, 15) is 15.0 Å². The molecule has 164 valence electrons. The number of phenolic OH excluding ortho intramolecular Hbond substituents is 2. The van der Waals surface area contributed by atoms with E-state index in [4.69, 9.17) is 10.5 Å². The van der Waals surface area contributed by atoms with Gasteiger partial charge in [-0.05, 0) is 50.4 Å². The number of carbonyl (C=O) groups is 1. The molecule has 1 aromatic carbocycles. The highest BCUT2D eigenvalue weighted by molar-refractivity contribution is 7.99. The lowest BCUT2D eigenvalue weighted by Gasteiger charge is -2.23. The van der Waals surface area contributed by atoms with E-state index in [1.807, 2.05) is 4.57 Å². The van der Waals surface area contributed by atoms with Crippen LogP contribution in [0.2, 0.25) is 0 Å². The van der Waals surface area contributed by atoms with Crippen molar-refractivity contribution in [3.05, 3.63) is 24.0 Å². The molecule has 31 heavy (non-hydrogen) atoms. The van der Waals surface area contributed by atoms with E-state index in [1.165, 1.54) is 37.3 Å². The van der Waals surface area contributed by atoms with Crippen LogP contribution in [0.5, 0.6) is 11.5 Å². The van der Waals surface area contributed by atoms with Crippen molar-refractivity contribution in [2.24, 2.45) is 5.92 Å². The molecule has 2 aromatic heterocycles. The third-order valence-corrected chi connectivity index (χ3v) is 6.48. The highest BCUT2D eigenvalue weighted by atomic mass is 32.2. The Labute approximate surface area is 182 Å². The summed E-state index contributed by atoms with van der Waals surface area (Å²) in [7, 11) is 1.26. The number of hydrogen-bond acceptors (Lipinski definition) is 10.